The number of benzene rings is 1. The molecule has 7 heteroatoms. The van der Waals surface area contributed by atoms with Crippen LogP contribution in [0.1, 0.15) is 61.5 Å². The number of halogens is 1. The fraction of sp³-hybridized carbons (Fsp3) is 0.538. The van der Waals surface area contributed by atoms with Crippen LogP contribution in [0.25, 0.3) is 0 Å². The lowest BCUT2D eigenvalue weighted by Crippen LogP contribution is -2.45. The van der Waals surface area contributed by atoms with Crippen LogP contribution < -0.4 is 0 Å². The van der Waals surface area contributed by atoms with Gasteiger partial charge in [0.1, 0.15) is 5.82 Å². The molecule has 0 spiro atoms. The topological polar surface area (TPSA) is 49.9 Å². The first kappa shape index (κ1) is 25.4. The lowest BCUT2D eigenvalue weighted by Gasteiger charge is -2.29. The molecule has 1 saturated heterocycles. The van der Waals surface area contributed by atoms with Crippen molar-refractivity contribution >= 4 is 23.2 Å². The number of aryl methyl sites for hydroxylation is 1. The molecule has 0 N–H and O–H groups in total. The van der Waals surface area contributed by atoms with Gasteiger partial charge < -0.3 is 14.5 Å². The third kappa shape index (κ3) is 7.93. The predicted molar refractivity (Wildman–Crippen MR) is 129 cm³/mol. The Bertz CT molecular complexity index is 893. The molecule has 1 unspecified atom stereocenters. The summed E-state index contributed by atoms with van der Waals surface area (Å²) in [7, 11) is 0. The van der Waals surface area contributed by atoms with E-state index < -0.39 is 0 Å². The average molecular weight is 475 g/mol. The van der Waals surface area contributed by atoms with Crippen molar-refractivity contribution in [3.8, 4) is 0 Å². The minimum atomic E-state index is -0.300. The fourth-order valence-corrected chi connectivity index (χ4v) is 4.94. The molecule has 0 bridgehead atoms. The molecule has 1 atom stereocenters. The van der Waals surface area contributed by atoms with Crippen LogP contribution in [-0.2, 0) is 27.4 Å². The van der Waals surface area contributed by atoms with E-state index in [0.717, 1.165) is 48.1 Å². The zero-order valence-electron chi connectivity index (χ0n) is 19.7. The van der Waals surface area contributed by atoms with Gasteiger partial charge in [0.15, 0.2) is 0 Å². The van der Waals surface area contributed by atoms with Crippen molar-refractivity contribution in [2.24, 2.45) is 0 Å². The minimum absolute atomic E-state index is 0.00184. The molecular formula is C26H35FN2O3S. The van der Waals surface area contributed by atoms with Gasteiger partial charge in [-0.2, -0.15) is 0 Å². The van der Waals surface area contributed by atoms with Crippen molar-refractivity contribution < 1.29 is 18.7 Å². The van der Waals surface area contributed by atoms with E-state index in [1.54, 1.807) is 33.3 Å². The first-order chi connectivity index (χ1) is 16.0. The van der Waals surface area contributed by atoms with E-state index in [-0.39, 0.29) is 30.3 Å². The van der Waals surface area contributed by atoms with Gasteiger partial charge in [0.25, 0.3) is 0 Å². The Kier molecular flexibility index (Phi) is 9.88. The second kappa shape index (κ2) is 12.8. The van der Waals surface area contributed by atoms with Gasteiger partial charge in [-0.3, -0.25) is 9.59 Å². The van der Waals surface area contributed by atoms with E-state index in [1.165, 1.54) is 12.1 Å². The molecule has 2 aromatic rings. The molecule has 1 aromatic heterocycles. The van der Waals surface area contributed by atoms with Crippen molar-refractivity contribution in [2.75, 3.05) is 19.7 Å². The smallest absolute Gasteiger partial charge is 0.242 e. The molecule has 1 fully saturated rings. The van der Waals surface area contributed by atoms with Crippen molar-refractivity contribution in [1.29, 1.82) is 0 Å². The number of hydrogen-bond donors (Lipinski definition) is 0. The first-order valence-electron chi connectivity index (χ1n) is 11.9. The normalized spacial score (nSPS) is 15.5. The molecule has 3 rings (SSSR count). The number of unbranched alkanes of at least 4 members (excludes halogenated alkanes) is 2. The van der Waals surface area contributed by atoms with Gasteiger partial charge >= 0.3 is 0 Å². The maximum atomic E-state index is 13.5. The van der Waals surface area contributed by atoms with Crippen LogP contribution in [-0.4, -0.2) is 47.4 Å². The van der Waals surface area contributed by atoms with Gasteiger partial charge in [-0.1, -0.05) is 31.9 Å². The molecule has 5 nitrogen and oxygen atoms in total. The number of nitrogens with zero attached hydrogens (tertiary/aromatic N) is 2. The van der Waals surface area contributed by atoms with Crippen LogP contribution >= 0.6 is 11.3 Å². The van der Waals surface area contributed by atoms with Crippen LogP contribution in [0.2, 0.25) is 0 Å². The van der Waals surface area contributed by atoms with E-state index in [1.807, 2.05) is 18.4 Å². The maximum absolute atomic E-state index is 13.5. The Morgan fingerprint density at radius 1 is 1.09 bits per heavy atom. The van der Waals surface area contributed by atoms with Crippen LogP contribution in [0.5, 0.6) is 0 Å². The number of carbonyl (C=O) groups excluding carboxylic acids is 2. The summed E-state index contributed by atoms with van der Waals surface area (Å²) in [5, 5.41) is 2.02. The quantitative estimate of drug-likeness (QED) is 0.392. The summed E-state index contributed by atoms with van der Waals surface area (Å²) in [5.41, 5.74) is 2.00. The highest BCUT2D eigenvalue weighted by atomic mass is 32.1. The van der Waals surface area contributed by atoms with Crippen molar-refractivity contribution in [2.45, 2.75) is 71.6 Å². The minimum Gasteiger partial charge on any atom is -0.376 e. The van der Waals surface area contributed by atoms with Gasteiger partial charge in [-0.25, -0.2) is 4.39 Å². The lowest BCUT2D eigenvalue weighted by molar-refractivity contribution is -0.142. The number of rotatable bonds is 12. The third-order valence-electron chi connectivity index (χ3n) is 6.06. The number of carbonyl (C=O) groups is 2. The van der Waals surface area contributed by atoms with Crippen LogP contribution in [0.4, 0.5) is 4.39 Å². The Hall–Kier alpha value is -2.25. The van der Waals surface area contributed by atoms with E-state index >= 15 is 0 Å². The highest BCUT2D eigenvalue weighted by Crippen LogP contribution is 2.21. The number of thiophene rings is 1. The van der Waals surface area contributed by atoms with Crippen molar-refractivity contribution in [1.82, 2.24) is 9.80 Å². The Morgan fingerprint density at radius 3 is 2.52 bits per heavy atom. The molecule has 33 heavy (non-hydrogen) atoms. The highest BCUT2D eigenvalue weighted by Gasteiger charge is 2.26. The van der Waals surface area contributed by atoms with Gasteiger partial charge in [0.2, 0.25) is 11.8 Å². The van der Waals surface area contributed by atoms with E-state index in [4.69, 9.17) is 4.74 Å². The SMILES string of the molecule is CCCCCC(=O)N(CC(=O)N(Cc1ccc(F)cc1)Cc1sccc1C)CC1CCCO1. The largest absolute Gasteiger partial charge is 0.376 e. The van der Waals surface area contributed by atoms with Gasteiger partial charge in [0.05, 0.1) is 19.2 Å². The third-order valence-corrected chi connectivity index (χ3v) is 7.07. The molecule has 1 aliphatic rings. The van der Waals surface area contributed by atoms with E-state index in [9.17, 15) is 14.0 Å². The summed E-state index contributed by atoms with van der Waals surface area (Å²) in [6.45, 7) is 6.19. The summed E-state index contributed by atoms with van der Waals surface area (Å²) < 4.78 is 19.1. The molecular weight excluding hydrogens is 439 g/mol. The molecule has 1 aromatic carbocycles. The van der Waals surface area contributed by atoms with E-state index in [2.05, 4.69) is 6.92 Å². The summed E-state index contributed by atoms with van der Waals surface area (Å²) in [6.07, 6.45) is 5.24. The second-order valence-electron chi connectivity index (χ2n) is 8.77. The van der Waals surface area contributed by atoms with Crippen LogP contribution in [0.15, 0.2) is 35.7 Å². The summed E-state index contributed by atoms with van der Waals surface area (Å²) in [5.74, 6) is -0.388. The standard InChI is InChI=1S/C26H35FN2O3S/c1-3-4-5-8-25(30)29(17-23-7-6-14-32-23)19-26(31)28(18-24-20(2)13-15-33-24)16-21-9-11-22(27)12-10-21/h9-13,15,23H,3-8,14,16-19H2,1-2H3. The average Bonchev–Trinajstić information content (AvgIpc) is 3.46. The van der Waals surface area contributed by atoms with Crippen LogP contribution in [0, 0.1) is 12.7 Å². The number of hydrogen-bond acceptors (Lipinski definition) is 4. The Balaban J connectivity index is 1.74. The number of amides is 2. The Labute approximate surface area is 200 Å². The second-order valence-corrected chi connectivity index (χ2v) is 9.77. The molecule has 1 aliphatic heterocycles. The molecule has 2 amide bonds. The van der Waals surface area contributed by atoms with Gasteiger partial charge in [-0.15, -0.1) is 11.3 Å². The zero-order valence-corrected chi connectivity index (χ0v) is 20.5. The van der Waals surface area contributed by atoms with Crippen molar-refractivity contribution in [3.63, 3.8) is 0 Å². The predicted octanol–water partition coefficient (Wildman–Crippen LogP) is 5.31. The molecule has 180 valence electrons. The summed E-state index contributed by atoms with van der Waals surface area (Å²) >= 11 is 1.62. The maximum Gasteiger partial charge on any atom is 0.242 e. The molecule has 2 heterocycles. The lowest BCUT2D eigenvalue weighted by atomic mass is 10.1. The van der Waals surface area contributed by atoms with Gasteiger partial charge in [0, 0.05) is 31.0 Å². The van der Waals surface area contributed by atoms with Crippen molar-refractivity contribution in [3.05, 3.63) is 57.5 Å². The van der Waals surface area contributed by atoms with Crippen LogP contribution in [0.3, 0.4) is 0 Å². The summed E-state index contributed by atoms with van der Waals surface area (Å²) in [6, 6.07) is 8.28. The first-order valence-corrected chi connectivity index (χ1v) is 12.8. The Morgan fingerprint density at radius 2 is 1.88 bits per heavy atom. The zero-order chi connectivity index (χ0) is 23.6. The molecule has 0 saturated carbocycles. The van der Waals surface area contributed by atoms with Gasteiger partial charge in [-0.05, 0) is 60.9 Å². The molecule has 0 aliphatic carbocycles. The summed E-state index contributed by atoms with van der Waals surface area (Å²) in [4.78, 5) is 31.1. The fourth-order valence-electron chi connectivity index (χ4n) is 4.02. The molecule has 0 radical (unpaired) electrons. The highest BCUT2D eigenvalue weighted by molar-refractivity contribution is 7.10. The van der Waals surface area contributed by atoms with E-state index in [0.29, 0.717) is 32.7 Å². The number of ether oxygens (including phenoxy) is 1. The monoisotopic (exact) mass is 474 g/mol.